The molecule has 3 aromatic heterocycles. The van der Waals surface area contributed by atoms with Crippen LogP contribution in [0.15, 0.2) is 47.1 Å². The number of hydrogen-bond donors (Lipinski definition) is 1. The highest BCUT2D eigenvalue weighted by Crippen LogP contribution is 2.40. The molecule has 0 bridgehead atoms. The number of fused-ring (bicyclic) bond motifs is 1. The molecule has 31 heavy (non-hydrogen) atoms. The first kappa shape index (κ1) is 19.8. The molecule has 1 aromatic carbocycles. The fraction of sp³-hybridized carbons (Fsp3) is 0.318. The Kier molecular flexibility index (Phi) is 4.99. The van der Waals surface area contributed by atoms with Crippen LogP contribution in [0.1, 0.15) is 38.4 Å². The smallest absolute Gasteiger partial charge is 0.289 e. The average molecular weight is 438 g/mol. The van der Waals surface area contributed by atoms with Crippen molar-refractivity contribution in [2.24, 2.45) is 0 Å². The van der Waals surface area contributed by atoms with E-state index in [1.807, 2.05) is 11.8 Å². The van der Waals surface area contributed by atoms with E-state index in [4.69, 9.17) is 4.42 Å². The zero-order valence-electron chi connectivity index (χ0n) is 17.4. The lowest BCUT2D eigenvalue weighted by Gasteiger charge is -2.38. The molecule has 1 amide bonds. The average Bonchev–Trinajstić information content (AvgIpc) is 3.49. The fourth-order valence-corrected chi connectivity index (χ4v) is 5.20. The molecule has 8 nitrogen and oxygen atoms in total. The molecule has 4 aromatic rings. The number of piperazine rings is 1. The van der Waals surface area contributed by atoms with Crippen LogP contribution in [0.2, 0.25) is 0 Å². The van der Waals surface area contributed by atoms with Crippen molar-refractivity contribution in [2.45, 2.75) is 19.9 Å². The summed E-state index contributed by atoms with van der Waals surface area (Å²) in [6.45, 7) is 6.39. The third-order valence-electron chi connectivity index (χ3n) is 5.65. The minimum Gasteiger partial charge on any atom is -0.492 e. The monoisotopic (exact) mass is 437 g/mol. The van der Waals surface area contributed by atoms with Crippen molar-refractivity contribution in [3.8, 4) is 5.88 Å². The lowest BCUT2D eigenvalue weighted by Crippen LogP contribution is -2.49. The van der Waals surface area contributed by atoms with Crippen molar-refractivity contribution in [3.63, 3.8) is 0 Å². The zero-order chi connectivity index (χ0) is 21.5. The number of carbonyl (C=O) groups is 1. The van der Waals surface area contributed by atoms with Gasteiger partial charge in [0.2, 0.25) is 10.8 Å². The summed E-state index contributed by atoms with van der Waals surface area (Å²) in [5.41, 5.74) is 2.27. The van der Waals surface area contributed by atoms with E-state index in [1.165, 1.54) is 27.7 Å². The summed E-state index contributed by atoms with van der Waals surface area (Å²) in [5, 5.41) is 15.3. The number of aryl methyl sites for hydroxylation is 2. The van der Waals surface area contributed by atoms with Gasteiger partial charge in [0.1, 0.15) is 5.82 Å². The standard InChI is InChI=1S/C22H23N5O3S/c1-14-5-7-16(8-6-14)18(19-21(29)27-22(31-19)23-15(2)24-27)25-9-11-26(12-10-25)20(28)17-4-3-13-30-17/h3-8,13,18,29H,9-12H2,1-2H3/t18-/m0/s1. The Morgan fingerprint density at radius 1 is 1.13 bits per heavy atom. The summed E-state index contributed by atoms with van der Waals surface area (Å²) in [7, 11) is 0. The lowest BCUT2D eigenvalue weighted by molar-refractivity contribution is 0.0568. The van der Waals surface area contributed by atoms with Gasteiger partial charge in [-0.3, -0.25) is 9.69 Å². The highest BCUT2D eigenvalue weighted by Gasteiger charge is 2.33. The first-order valence-electron chi connectivity index (χ1n) is 10.2. The van der Waals surface area contributed by atoms with Crippen LogP contribution in [-0.2, 0) is 0 Å². The van der Waals surface area contributed by atoms with Crippen LogP contribution < -0.4 is 0 Å². The molecular weight excluding hydrogens is 414 g/mol. The topological polar surface area (TPSA) is 87.1 Å². The molecule has 1 aliphatic heterocycles. The second-order valence-electron chi connectivity index (χ2n) is 7.76. The molecule has 0 spiro atoms. The summed E-state index contributed by atoms with van der Waals surface area (Å²) in [6.07, 6.45) is 1.52. The van der Waals surface area contributed by atoms with E-state index in [9.17, 15) is 9.90 Å². The Morgan fingerprint density at radius 3 is 2.52 bits per heavy atom. The Bertz CT molecular complexity index is 1200. The Labute approximate surface area is 183 Å². The maximum atomic E-state index is 12.6. The van der Waals surface area contributed by atoms with Gasteiger partial charge in [-0.1, -0.05) is 41.2 Å². The largest absolute Gasteiger partial charge is 0.492 e. The van der Waals surface area contributed by atoms with Crippen LogP contribution in [0.25, 0.3) is 4.96 Å². The highest BCUT2D eigenvalue weighted by molar-refractivity contribution is 7.17. The van der Waals surface area contributed by atoms with Gasteiger partial charge in [0.25, 0.3) is 5.91 Å². The third-order valence-corrected chi connectivity index (χ3v) is 6.72. The number of nitrogens with zero attached hydrogens (tertiary/aromatic N) is 5. The zero-order valence-corrected chi connectivity index (χ0v) is 18.2. The van der Waals surface area contributed by atoms with Crippen LogP contribution in [0.5, 0.6) is 5.88 Å². The number of aromatic hydroxyl groups is 1. The number of benzene rings is 1. The van der Waals surface area contributed by atoms with Crippen LogP contribution in [0, 0.1) is 13.8 Å². The van der Waals surface area contributed by atoms with Gasteiger partial charge in [-0.2, -0.15) is 4.52 Å². The molecule has 9 heteroatoms. The predicted molar refractivity (Wildman–Crippen MR) is 116 cm³/mol. The number of rotatable bonds is 4. The van der Waals surface area contributed by atoms with Gasteiger partial charge in [-0.05, 0) is 31.5 Å². The van der Waals surface area contributed by atoms with E-state index in [2.05, 4.69) is 46.2 Å². The van der Waals surface area contributed by atoms with E-state index in [0.717, 1.165) is 10.4 Å². The molecule has 0 unspecified atom stereocenters. The summed E-state index contributed by atoms with van der Waals surface area (Å²) in [6, 6.07) is 11.6. The Morgan fingerprint density at radius 2 is 1.87 bits per heavy atom. The number of hydrogen-bond acceptors (Lipinski definition) is 7. The molecule has 0 saturated carbocycles. The lowest BCUT2D eigenvalue weighted by atomic mass is 10.0. The molecule has 4 heterocycles. The van der Waals surface area contributed by atoms with Crippen LogP contribution in [-0.4, -0.2) is 61.6 Å². The van der Waals surface area contributed by atoms with E-state index in [-0.39, 0.29) is 17.8 Å². The summed E-state index contributed by atoms with van der Waals surface area (Å²) in [5.74, 6) is 1.03. The molecule has 0 aliphatic carbocycles. The van der Waals surface area contributed by atoms with Gasteiger partial charge in [-0.25, -0.2) is 4.98 Å². The highest BCUT2D eigenvalue weighted by atomic mass is 32.1. The molecule has 5 rings (SSSR count). The minimum absolute atomic E-state index is 0.0892. The SMILES string of the molecule is Cc1ccc([C@@H](c2sc3nc(C)nn3c2O)N2CCN(C(=O)c3ccco3)CC2)cc1. The van der Waals surface area contributed by atoms with Gasteiger partial charge in [0.05, 0.1) is 17.2 Å². The van der Waals surface area contributed by atoms with Crippen molar-refractivity contribution >= 4 is 22.2 Å². The van der Waals surface area contributed by atoms with E-state index in [0.29, 0.717) is 42.7 Å². The predicted octanol–water partition coefficient (Wildman–Crippen LogP) is 3.25. The van der Waals surface area contributed by atoms with Crippen LogP contribution in [0.4, 0.5) is 0 Å². The molecule has 1 aliphatic rings. The van der Waals surface area contributed by atoms with Gasteiger partial charge in [0, 0.05) is 26.2 Å². The first-order valence-corrected chi connectivity index (χ1v) is 11.0. The maximum Gasteiger partial charge on any atom is 0.289 e. The molecule has 1 fully saturated rings. The second kappa shape index (κ2) is 7.82. The number of aromatic nitrogens is 3. The molecular formula is C22H23N5O3S. The number of carbonyl (C=O) groups excluding carboxylic acids is 1. The second-order valence-corrected chi connectivity index (χ2v) is 8.77. The third kappa shape index (κ3) is 3.60. The number of thiazole rings is 1. The normalized spacial score (nSPS) is 16.1. The van der Waals surface area contributed by atoms with E-state index < -0.39 is 0 Å². The van der Waals surface area contributed by atoms with E-state index >= 15 is 0 Å². The van der Waals surface area contributed by atoms with Gasteiger partial charge < -0.3 is 14.4 Å². The molecule has 1 N–H and O–H groups in total. The van der Waals surface area contributed by atoms with Crippen LogP contribution >= 0.6 is 11.3 Å². The molecule has 1 atom stereocenters. The number of furan rings is 1. The quantitative estimate of drug-likeness (QED) is 0.527. The van der Waals surface area contributed by atoms with E-state index in [1.54, 1.807) is 12.1 Å². The number of amides is 1. The van der Waals surface area contributed by atoms with Crippen molar-refractivity contribution in [2.75, 3.05) is 26.2 Å². The van der Waals surface area contributed by atoms with Crippen LogP contribution in [0.3, 0.4) is 0 Å². The molecule has 0 radical (unpaired) electrons. The maximum absolute atomic E-state index is 12.6. The van der Waals surface area contributed by atoms with Gasteiger partial charge in [0.15, 0.2) is 5.76 Å². The van der Waals surface area contributed by atoms with Crippen molar-refractivity contribution in [1.82, 2.24) is 24.4 Å². The molecule has 1 saturated heterocycles. The fourth-order valence-electron chi connectivity index (χ4n) is 4.04. The molecule has 160 valence electrons. The Hall–Kier alpha value is -3.17. The Balaban J connectivity index is 1.45. The summed E-state index contributed by atoms with van der Waals surface area (Å²) in [4.78, 5) is 22.7. The van der Waals surface area contributed by atoms with Crippen molar-refractivity contribution in [3.05, 3.63) is 70.3 Å². The summed E-state index contributed by atoms with van der Waals surface area (Å²) < 4.78 is 6.78. The van der Waals surface area contributed by atoms with Crippen molar-refractivity contribution < 1.29 is 14.3 Å². The summed E-state index contributed by atoms with van der Waals surface area (Å²) >= 11 is 1.45. The minimum atomic E-state index is -0.143. The van der Waals surface area contributed by atoms with Crippen molar-refractivity contribution in [1.29, 1.82) is 0 Å². The van der Waals surface area contributed by atoms with Gasteiger partial charge >= 0.3 is 0 Å². The van der Waals surface area contributed by atoms with Gasteiger partial charge in [-0.15, -0.1) is 5.10 Å². The first-order chi connectivity index (χ1) is 15.0.